The van der Waals surface area contributed by atoms with E-state index in [0.717, 1.165) is 0 Å². The van der Waals surface area contributed by atoms with Crippen molar-refractivity contribution < 1.29 is 23.1 Å². The van der Waals surface area contributed by atoms with Crippen LogP contribution in [0.3, 0.4) is 0 Å². The molecule has 0 heterocycles. The van der Waals surface area contributed by atoms with Gasteiger partial charge in [0.15, 0.2) is 0 Å². The maximum Gasteiger partial charge on any atom is 0.387 e. The fourth-order valence-corrected chi connectivity index (χ4v) is 2.13. The Morgan fingerprint density at radius 3 is 2.32 bits per heavy atom. The van der Waals surface area contributed by atoms with Crippen molar-refractivity contribution in [2.24, 2.45) is 5.73 Å². The fourth-order valence-electron chi connectivity index (χ4n) is 2.13. The lowest BCUT2D eigenvalue weighted by atomic mass is 9.84. The summed E-state index contributed by atoms with van der Waals surface area (Å²) in [6.07, 6.45) is 0. The quantitative estimate of drug-likeness (QED) is 0.840. The van der Waals surface area contributed by atoms with Gasteiger partial charge in [-0.3, -0.25) is 9.59 Å². The van der Waals surface area contributed by atoms with Crippen LogP contribution in [0.1, 0.15) is 29.8 Å². The minimum atomic E-state index is -2.96. The zero-order chi connectivity index (χ0) is 18.6. The van der Waals surface area contributed by atoms with E-state index in [9.17, 15) is 18.4 Å². The third-order valence-corrected chi connectivity index (χ3v) is 3.80. The van der Waals surface area contributed by atoms with Crippen molar-refractivity contribution in [2.45, 2.75) is 25.9 Å². The van der Waals surface area contributed by atoms with Crippen molar-refractivity contribution in [3.05, 3.63) is 59.7 Å². The monoisotopic (exact) mass is 348 g/mol. The largest absolute Gasteiger partial charge is 0.435 e. The molecule has 132 valence electrons. The van der Waals surface area contributed by atoms with Gasteiger partial charge in [-0.15, -0.1) is 0 Å². The molecule has 0 aliphatic rings. The molecule has 2 amide bonds. The number of halogens is 2. The SMILES string of the molecule is CC(C)(C(N)=O)c1ccc(NC(=O)c2cccc(OC(F)F)c2)cc1. The Hall–Kier alpha value is -2.96. The molecule has 0 spiro atoms. The number of nitrogens with two attached hydrogens (primary N) is 1. The van der Waals surface area contributed by atoms with Gasteiger partial charge in [0.05, 0.1) is 5.41 Å². The second-order valence-electron chi connectivity index (χ2n) is 5.93. The third-order valence-electron chi connectivity index (χ3n) is 3.80. The molecular formula is C18H18F2N2O3. The molecule has 3 N–H and O–H groups in total. The molecule has 0 unspecified atom stereocenters. The number of benzene rings is 2. The van der Waals surface area contributed by atoms with E-state index in [-0.39, 0.29) is 11.3 Å². The van der Waals surface area contributed by atoms with E-state index >= 15 is 0 Å². The molecule has 0 aliphatic carbocycles. The van der Waals surface area contributed by atoms with Gasteiger partial charge in [-0.25, -0.2) is 0 Å². The summed E-state index contributed by atoms with van der Waals surface area (Å²) in [6, 6.07) is 12.2. The van der Waals surface area contributed by atoms with Crippen LogP contribution in [0.25, 0.3) is 0 Å². The molecule has 25 heavy (non-hydrogen) atoms. The predicted octanol–water partition coefficient (Wildman–Crippen LogP) is 3.30. The first-order chi connectivity index (χ1) is 11.7. The lowest BCUT2D eigenvalue weighted by molar-refractivity contribution is -0.122. The van der Waals surface area contributed by atoms with E-state index in [1.165, 1.54) is 24.3 Å². The molecule has 5 nitrogen and oxygen atoms in total. The highest BCUT2D eigenvalue weighted by atomic mass is 19.3. The van der Waals surface area contributed by atoms with Gasteiger partial charge >= 0.3 is 6.61 Å². The lowest BCUT2D eigenvalue weighted by Crippen LogP contribution is -2.35. The number of ether oxygens (including phenoxy) is 1. The van der Waals surface area contributed by atoms with E-state index < -0.39 is 23.8 Å². The minimum Gasteiger partial charge on any atom is -0.435 e. The molecule has 0 fully saturated rings. The molecule has 0 bridgehead atoms. The lowest BCUT2D eigenvalue weighted by Gasteiger charge is -2.21. The van der Waals surface area contributed by atoms with Crippen LogP contribution in [0.15, 0.2) is 48.5 Å². The van der Waals surface area contributed by atoms with Gasteiger partial charge in [0.2, 0.25) is 5.91 Å². The highest BCUT2D eigenvalue weighted by Gasteiger charge is 2.27. The number of primary amides is 1. The molecule has 2 rings (SSSR count). The van der Waals surface area contributed by atoms with Gasteiger partial charge in [0, 0.05) is 11.3 Å². The van der Waals surface area contributed by atoms with Gasteiger partial charge in [0.25, 0.3) is 5.91 Å². The first-order valence-electron chi connectivity index (χ1n) is 7.47. The average Bonchev–Trinajstić information content (AvgIpc) is 2.54. The molecule has 7 heteroatoms. The van der Waals surface area contributed by atoms with E-state index in [1.807, 2.05) is 0 Å². The van der Waals surface area contributed by atoms with E-state index in [0.29, 0.717) is 11.3 Å². The summed E-state index contributed by atoms with van der Waals surface area (Å²) >= 11 is 0. The molecular weight excluding hydrogens is 330 g/mol. The maximum atomic E-state index is 12.2. The number of anilines is 1. The highest BCUT2D eigenvalue weighted by molar-refractivity contribution is 6.04. The third kappa shape index (κ3) is 4.53. The van der Waals surface area contributed by atoms with Gasteiger partial charge in [-0.05, 0) is 49.7 Å². The number of alkyl halides is 2. The number of rotatable bonds is 6. The van der Waals surface area contributed by atoms with Crippen LogP contribution in [0, 0.1) is 0 Å². The van der Waals surface area contributed by atoms with Crippen LogP contribution < -0.4 is 15.8 Å². The van der Waals surface area contributed by atoms with Gasteiger partial charge in [0.1, 0.15) is 5.75 Å². The Morgan fingerprint density at radius 1 is 1.12 bits per heavy atom. The number of carbonyl (C=O) groups is 2. The fraction of sp³-hybridized carbons (Fsp3) is 0.222. The summed E-state index contributed by atoms with van der Waals surface area (Å²) in [7, 11) is 0. The molecule has 0 saturated carbocycles. The summed E-state index contributed by atoms with van der Waals surface area (Å²) in [5.41, 5.74) is 5.93. The van der Waals surface area contributed by atoms with Gasteiger partial charge in [-0.1, -0.05) is 18.2 Å². The van der Waals surface area contributed by atoms with E-state index in [1.54, 1.807) is 38.1 Å². The number of amides is 2. The Kier molecular flexibility index (Phi) is 5.36. The summed E-state index contributed by atoms with van der Waals surface area (Å²) < 4.78 is 28.7. The number of nitrogens with one attached hydrogen (secondary N) is 1. The van der Waals surface area contributed by atoms with Crippen LogP contribution in [-0.2, 0) is 10.2 Å². The highest BCUT2D eigenvalue weighted by Crippen LogP contribution is 2.24. The zero-order valence-corrected chi connectivity index (χ0v) is 13.8. The zero-order valence-electron chi connectivity index (χ0n) is 13.8. The first kappa shape index (κ1) is 18.4. The second-order valence-corrected chi connectivity index (χ2v) is 5.93. The van der Waals surface area contributed by atoms with E-state index in [2.05, 4.69) is 10.1 Å². The number of hydrogen-bond donors (Lipinski definition) is 2. The Balaban J connectivity index is 2.12. The van der Waals surface area contributed by atoms with Crippen LogP contribution in [0.5, 0.6) is 5.75 Å². The van der Waals surface area contributed by atoms with Crippen molar-refractivity contribution in [1.82, 2.24) is 0 Å². The summed E-state index contributed by atoms with van der Waals surface area (Å²) in [4.78, 5) is 23.7. The standard InChI is InChI=1S/C18H18F2N2O3/c1-18(2,16(21)24)12-6-8-13(9-7-12)22-15(23)11-4-3-5-14(10-11)25-17(19)20/h3-10,17H,1-2H3,(H2,21,24)(H,22,23). The molecule has 0 saturated heterocycles. The van der Waals surface area contributed by atoms with Crippen LogP contribution in [0.4, 0.5) is 14.5 Å². The molecule has 2 aromatic carbocycles. The smallest absolute Gasteiger partial charge is 0.387 e. The summed E-state index contributed by atoms with van der Waals surface area (Å²) in [5.74, 6) is -1.03. The minimum absolute atomic E-state index is 0.0961. The Morgan fingerprint density at radius 2 is 1.76 bits per heavy atom. The molecule has 0 atom stereocenters. The normalized spacial score (nSPS) is 11.2. The topological polar surface area (TPSA) is 81.4 Å². The van der Waals surface area contributed by atoms with Crippen LogP contribution in [0.2, 0.25) is 0 Å². The van der Waals surface area contributed by atoms with E-state index in [4.69, 9.17) is 5.73 Å². The Bertz CT molecular complexity index is 774. The molecule has 0 aliphatic heterocycles. The van der Waals surface area contributed by atoms with Gasteiger partial charge < -0.3 is 15.8 Å². The van der Waals surface area contributed by atoms with Gasteiger partial charge in [-0.2, -0.15) is 8.78 Å². The summed E-state index contributed by atoms with van der Waals surface area (Å²) in [5, 5.41) is 2.65. The molecule has 0 aromatic heterocycles. The summed E-state index contributed by atoms with van der Waals surface area (Å²) in [6.45, 7) is 0.453. The second kappa shape index (κ2) is 7.29. The number of hydrogen-bond acceptors (Lipinski definition) is 3. The van der Waals surface area contributed by atoms with Crippen molar-refractivity contribution >= 4 is 17.5 Å². The predicted molar refractivity (Wildman–Crippen MR) is 89.7 cm³/mol. The van der Waals surface area contributed by atoms with Crippen molar-refractivity contribution in [3.63, 3.8) is 0 Å². The Labute approximate surface area is 143 Å². The van der Waals surface area contributed by atoms with Crippen molar-refractivity contribution in [1.29, 1.82) is 0 Å². The van der Waals surface area contributed by atoms with Crippen LogP contribution >= 0.6 is 0 Å². The molecule has 2 aromatic rings. The molecule has 0 radical (unpaired) electrons. The first-order valence-corrected chi connectivity index (χ1v) is 7.47. The van der Waals surface area contributed by atoms with Crippen molar-refractivity contribution in [3.8, 4) is 5.75 Å². The van der Waals surface area contributed by atoms with Crippen molar-refractivity contribution in [2.75, 3.05) is 5.32 Å². The maximum absolute atomic E-state index is 12.2. The average molecular weight is 348 g/mol. The van der Waals surface area contributed by atoms with Crippen LogP contribution in [-0.4, -0.2) is 18.4 Å². The number of carbonyl (C=O) groups excluding carboxylic acids is 2.